The monoisotopic (exact) mass is 432 g/mol. The van der Waals surface area contributed by atoms with Crippen LogP contribution in [-0.2, 0) is 11.8 Å². The molecule has 8 nitrogen and oxygen atoms in total. The molecule has 1 saturated heterocycles. The summed E-state index contributed by atoms with van der Waals surface area (Å²) in [5.74, 6) is 1.58. The van der Waals surface area contributed by atoms with E-state index in [1.807, 2.05) is 62.5 Å². The SMILES string of the molecule is COc1ccc(-c2noc(C3CN(C(=O)c4c(C)n(C)c5ccccc45)CCO3)n2)cc1. The Hall–Kier alpha value is -3.65. The van der Waals surface area contributed by atoms with Gasteiger partial charge in [-0.15, -0.1) is 0 Å². The predicted octanol–water partition coefficient (Wildman–Crippen LogP) is 3.76. The highest BCUT2D eigenvalue weighted by Gasteiger charge is 2.32. The van der Waals surface area contributed by atoms with Gasteiger partial charge in [0.05, 0.1) is 25.8 Å². The van der Waals surface area contributed by atoms with Gasteiger partial charge in [0, 0.05) is 35.8 Å². The van der Waals surface area contributed by atoms with Crippen molar-refractivity contribution in [1.82, 2.24) is 19.6 Å². The molecule has 1 unspecified atom stereocenters. The van der Waals surface area contributed by atoms with Crippen molar-refractivity contribution in [3.8, 4) is 17.1 Å². The molecule has 3 heterocycles. The van der Waals surface area contributed by atoms with Crippen molar-refractivity contribution in [2.24, 2.45) is 7.05 Å². The smallest absolute Gasteiger partial charge is 0.257 e. The maximum atomic E-state index is 13.5. The van der Waals surface area contributed by atoms with Gasteiger partial charge in [0.15, 0.2) is 6.10 Å². The Labute approximate surface area is 185 Å². The summed E-state index contributed by atoms with van der Waals surface area (Å²) in [6.07, 6.45) is -0.470. The third-order valence-electron chi connectivity index (χ3n) is 6.03. The molecule has 0 N–H and O–H groups in total. The zero-order chi connectivity index (χ0) is 22.2. The number of carbonyl (C=O) groups is 1. The minimum atomic E-state index is -0.470. The Morgan fingerprint density at radius 2 is 1.94 bits per heavy atom. The van der Waals surface area contributed by atoms with E-state index in [9.17, 15) is 4.79 Å². The lowest BCUT2D eigenvalue weighted by Crippen LogP contribution is -2.42. The van der Waals surface area contributed by atoms with Crippen molar-refractivity contribution in [3.63, 3.8) is 0 Å². The number of ether oxygens (including phenoxy) is 2. The lowest BCUT2D eigenvalue weighted by atomic mass is 10.1. The molecule has 1 atom stereocenters. The van der Waals surface area contributed by atoms with Crippen LogP contribution < -0.4 is 4.74 Å². The van der Waals surface area contributed by atoms with Gasteiger partial charge in [-0.05, 0) is 37.3 Å². The van der Waals surface area contributed by atoms with Gasteiger partial charge in [0.25, 0.3) is 11.8 Å². The Balaban J connectivity index is 1.38. The first-order valence-electron chi connectivity index (χ1n) is 10.5. The highest BCUT2D eigenvalue weighted by molar-refractivity contribution is 6.08. The third-order valence-corrected chi connectivity index (χ3v) is 6.03. The number of aromatic nitrogens is 3. The molecule has 0 bridgehead atoms. The van der Waals surface area contributed by atoms with Crippen LogP contribution in [0, 0.1) is 6.92 Å². The van der Waals surface area contributed by atoms with Crippen LogP contribution in [0.15, 0.2) is 53.1 Å². The standard InChI is InChI=1S/C24H24N4O4/c1-15-21(18-6-4-5-7-19(18)27(15)2)24(29)28-12-13-31-20(14-28)23-25-22(26-32-23)16-8-10-17(30-3)11-9-16/h4-11,20H,12-14H2,1-3H3. The zero-order valence-corrected chi connectivity index (χ0v) is 18.2. The van der Waals surface area contributed by atoms with E-state index in [2.05, 4.69) is 14.7 Å². The van der Waals surface area contributed by atoms with E-state index in [1.54, 1.807) is 12.0 Å². The van der Waals surface area contributed by atoms with Gasteiger partial charge >= 0.3 is 0 Å². The molecule has 32 heavy (non-hydrogen) atoms. The van der Waals surface area contributed by atoms with Gasteiger partial charge in [-0.3, -0.25) is 4.79 Å². The second-order valence-electron chi connectivity index (χ2n) is 7.83. The lowest BCUT2D eigenvalue weighted by molar-refractivity contribution is -0.0367. The fourth-order valence-corrected chi connectivity index (χ4v) is 4.16. The molecule has 2 aromatic carbocycles. The summed E-state index contributed by atoms with van der Waals surface area (Å²) in [6.45, 7) is 3.24. The highest BCUT2D eigenvalue weighted by atomic mass is 16.5. The van der Waals surface area contributed by atoms with Crippen LogP contribution in [0.4, 0.5) is 0 Å². The fraction of sp³-hybridized carbons (Fsp3) is 0.292. The second-order valence-corrected chi connectivity index (χ2v) is 7.83. The molecule has 2 aromatic heterocycles. The largest absolute Gasteiger partial charge is 0.497 e. The maximum absolute atomic E-state index is 13.5. The summed E-state index contributed by atoms with van der Waals surface area (Å²) in [7, 11) is 3.60. The number of aryl methyl sites for hydroxylation is 1. The van der Waals surface area contributed by atoms with Crippen molar-refractivity contribution < 1.29 is 18.8 Å². The number of fused-ring (bicyclic) bond motifs is 1. The topological polar surface area (TPSA) is 82.6 Å². The maximum Gasteiger partial charge on any atom is 0.257 e. The second kappa shape index (κ2) is 8.12. The molecular formula is C24H24N4O4. The first-order chi connectivity index (χ1) is 15.6. The Morgan fingerprint density at radius 3 is 2.72 bits per heavy atom. The number of morpholine rings is 1. The third kappa shape index (κ3) is 3.42. The Morgan fingerprint density at radius 1 is 1.16 bits per heavy atom. The van der Waals surface area contributed by atoms with E-state index < -0.39 is 6.10 Å². The number of hydrogen-bond acceptors (Lipinski definition) is 6. The lowest BCUT2D eigenvalue weighted by Gasteiger charge is -2.31. The van der Waals surface area contributed by atoms with Crippen molar-refractivity contribution in [2.45, 2.75) is 13.0 Å². The van der Waals surface area contributed by atoms with Gasteiger partial charge in [0.1, 0.15) is 5.75 Å². The molecule has 4 aromatic rings. The van der Waals surface area contributed by atoms with Gasteiger partial charge in [-0.2, -0.15) is 4.98 Å². The van der Waals surface area contributed by atoms with Gasteiger partial charge < -0.3 is 23.5 Å². The number of nitrogens with zero attached hydrogens (tertiary/aromatic N) is 4. The molecule has 0 spiro atoms. The number of hydrogen-bond donors (Lipinski definition) is 0. The molecule has 1 amide bonds. The average molecular weight is 432 g/mol. The summed E-state index contributed by atoms with van der Waals surface area (Å²) < 4.78 is 18.6. The minimum Gasteiger partial charge on any atom is -0.497 e. The van der Waals surface area contributed by atoms with E-state index in [-0.39, 0.29) is 5.91 Å². The number of rotatable bonds is 4. The first-order valence-corrected chi connectivity index (χ1v) is 10.5. The normalized spacial score (nSPS) is 16.5. The van der Waals surface area contributed by atoms with E-state index in [4.69, 9.17) is 14.0 Å². The van der Waals surface area contributed by atoms with Crippen LogP contribution in [-0.4, -0.2) is 52.3 Å². The van der Waals surface area contributed by atoms with E-state index >= 15 is 0 Å². The first kappa shape index (κ1) is 20.3. The quantitative estimate of drug-likeness (QED) is 0.488. The van der Waals surface area contributed by atoms with E-state index in [1.165, 1.54) is 0 Å². The fourth-order valence-electron chi connectivity index (χ4n) is 4.16. The summed E-state index contributed by atoms with van der Waals surface area (Å²) in [5, 5.41) is 5.05. The summed E-state index contributed by atoms with van der Waals surface area (Å²) in [5.41, 5.74) is 3.53. The van der Waals surface area contributed by atoms with Crippen molar-refractivity contribution in [3.05, 3.63) is 65.7 Å². The molecule has 1 aliphatic heterocycles. The molecule has 8 heteroatoms. The van der Waals surface area contributed by atoms with Crippen LogP contribution in [0.3, 0.4) is 0 Å². The molecule has 0 radical (unpaired) electrons. The average Bonchev–Trinajstić information content (AvgIpc) is 3.43. The molecule has 164 valence electrons. The molecule has 0 aliphatic carbocycles. The number of amides is 1. The minimum absolute atomic E-state index is 0.0116. The Bertz CT molecular complexity index is 1280. The van der Waals surface area contributed by atoms with Crippen molar-refractivity contribution >= 4 is 16.8 Å². The molecule has 1 aliphatic rings. The molecular weight excluding hydrogens is 408 g/mol. The van der Waals surface area contributed by atoms with Gasteiger partial charge in [-0.1, -0.05) is 23.4 Å². The van der Waals surface area contributed by atoms with Crippen LogP contribution >= 0.6 is 0 Å². The molecule has 1 fully saturated rings. The summed E-state index contributed by atoms with van der Waals surface area (Å²) in [6, 6.07) is 15.4. The summed E-state index contributed by atoms with van der Waals surface area (Å²) in [4.78, 5) is 19.8. The highest BCUT2D eigenvalue weighted by Crippen LogP contribution is 2.29. The van der Waals surface area contributed by atoms with Crippen LogP contribution in [0.5, 0.6) is 5.75 Å². The molecule has 0 saturated carbocycles. The van der Waals surface area contributed by atoms with Crippen molar-refractivity contribution in [2.75, 3.05) is 26.8 Å². The number of para-hydroxylation sites is 1. The predicted molar refractivity (Wildman–Crippen MR) is 119 cm³/mol. The van der Waals surface area contributed by atoms with Gasteiger partial charge in [-0.25, -0.2) is 0 Å². The molecule has 5 rings (SSSR count). The number of carbonyl (C=O) groups excluding carboxylic acids is 1. The van der Waals surface area contributed by atoms with Crippen LogP contribution in [0.25, 0.3) is 22.3 Å². The Kier molecular flexibility index (Phi) is 5.14. The van der Waals surface area contributed by atoms with Crippen LogP contribution in [0.1, 0.15) is 28.0 Å². The van der Waals surface area contributed by atoms with E-state index in [0.717, 1.165) is 33.5 Å². The van der Waals surface area contributed by atoms with Crippen LogP contribution in [0.2, 0.25) is 0 Å². The van der Waals surface area contributed by atoms with E-state index in [0.29, 0.717) is 31.4 Å². The van der Waals surface area contributed by atoms with Gasteiger partial charge in [0.2, 0.25) is 5.82 Å². The number of methoxy groups -OCH3 is 1. The summed E-state index contributed by atoms with van der Waals surface area (Å²) >= 11 is 0. The van der Waals surface area contributed by atoms with Crippen molar-refractivity contribution in [1.29, 1.82) is 0 Å². The number of benzene rings is 2. The zero-order valence-electron chi connectivity index (χ0n) is 18.2.